The van der Waals surface area contributed by atoms with Crippen molar-refractivity contribution < 1.29 is 17.9 Å². The van der Waals surface area contributed by atoms with Gasteiger partial charge in [0, 0.05) is 18.8 Å². The van der Waals surface area contributed by atoms with Crippen LogP contribution in [0.5, 0.6) is 0 Å². The minimum atomic E-state index is -3.45. The molecule has 7 heteroatoms. The molecule has 0 atom stereocenters. The number of hydrogen-bond acceptors (Lipinski definition) is 4. The maximum Gasteiger partial charge on any atom is 0.243 e. The Hall–Kier alpha value is -2.22. The second-order valence-electron chi connectivity index (χ2n) is 6.83. The van der Waals surface area contributed by atoms with Crippen LogP contribution < -0.4 is 5.32 Å². The van der Waals surface area contributed by atoms with Crippen LogP contribution >= 0.6 is 0 Å². The molecule has 150 valence electrons. The molecule has 2 aromatic carbocycles. The molecule has 0 aliphatic carbocycles. The van der Waals surface area contributed by atoms with Crippen molar-refractivity contribution in [2.45, 2.75) is 37.2 Å². The maximum absolute atomic E-state index is 12.6. The number of carbonyl (C=O) groups is 1. The van der Waals surface area contributed by atoms with Gasteiger partial charge in [0.05, 0.1) is 24.5 Å². The smallest absolute Gasteiger partial charge is 0.243 e. The van der Waals surface area contributed by atoms with Gasteiger partial charge in [0.25, 0.3) is 0 Å². The monoisotopic (exact) mass is 402 g/mol. The number of hydrogen-bond donors (Lipinski definition) is 1. The summed E-state index contributed by atoms with van der Waals surface area (Å²) in [6.45, 7) is 1.94. The molecule has 28 heavy (non-hydrogen) atoms. The van der Waals surface area contributed by atoms with E-state index in [0.717, 1.165) is 24.8 Å². The molecule has 0 unspecified atom stereocenters. The summed E-state index contributed by atoms with van der Waals surface area (Å²) in [5.74, 6) is -0.167. The largest absolute Gasteiger partial charge is 0.376 e. The number of nitrogens with one attached hydrogen (secondary N) is 1. The number of sulfonamides is 1. The quantitative estimate of drug-likeness (QED) is 0.687. The van der Waals surface area contributed by atoms with Gasteiger partial charge in [0.15, 0.2) is 0 Å². The molecule has 0 saturated carbocycles. The zero-order chi connectivity index (χ0) is 19.8. The van der Waals surface area contributed by atoms with Gasteiger partial charge in [-0.1, -0.05) is 36.8 Å². The first kappa shape index (κ1) is 20.5. The summed E-state index contributed by atoms with van der Waals surface area (Å²) in [6.07, 6.45) is 3.12. The van der Waals surface area contributed by atoms with Crippen molar-refractivity contribution in [2.75, 3.05) is 25.0 Å². The normalized spacial score (nSPS) is 15.3. The van der Waals surface area contributed by atoms with Crippen molar-refractivity contribution in [1.29, 1.82) is 0 Å². The van der Waals surface area contributed by atoms with Crippen LogP contribution in [-0.2, 0) is 26.2 Å². The lowest BCUT2D eigenvalue weighted by molar-refractivity contribution is -0.117. The number of piperidine rings is 1. The standard InChI is InChI=1S/C21H26N2O4S/c24-21(13-16-27-17-18-7-3-1-4-8-18)22-19-9-11-20(12-10-19)28(25,26)23-14-5-2-6-15-23/h1,3-4,7-12H,2,5-6,13-17H2,(H,22,24). The fourth-order valence-electron chi connectivity index (χ4n) is 3.12. The van der Waals surface area contributed by atoms with Crippen LogP contribution in [0.4, 0.5) is 5.69 Å². The van der Waals surface area contributed by atoms with E-state index in [4.69, 9.17) is 4.74 Å². The molecule has 1 fully saturated rings. The molecular formula is C21H26N2O4S. The summed E-state index contributed by atoms with van der Waals surface area (Å²) in [4.78, 5) is 12.3. The first-order valence-corrected chi connectivity index (χ1v) is 11.0. The second kappa shape index (κ2) is 9.82. The Labute approximate surface area is 166 Å². The second-order valence-corrected chi connectivity index (χ2v) is 8.76. The third-order valence-electron chi connectivity index (χ3n) is 4.68. The highest BCUT2D eigenvalue weighted by Crippen LogP contribution is 2.22. The van der Waals surface area contributed by atoms with E-state index >= 15 is 0 Å². The lowest BCUT2D eigenvalue weighted by Gasteiger charge is -2.25. The average molecular weight is 403 g/mol. The lowest BCUT2D eigenvalue weighted by Crippen LogP contribution is -2.35. The molecule has 1 aliphatic rings. The summed E-state index contributed by atoms with van der Waals surface area (Å²) >= 11 is 0. The highest BCUT2D eigenvalue weighted by Gasteiger charge is 2.25. The van der Waals surface area contributed by atoms with Crippen LogP contribution in [0.2, 0.25) is 0 Å². The fraction of sp³-hybridized carbons (Fsp3) is 0.381. The van der Waals surface area contributed by atoms with E-state index in [1.54, 1.807) is 24.3 Å². The van der Waals surface area contributed by atoms with E-state index in [1.807, 2.05) is 30.3 Å². The highest BCUT2D eigenvalue weighted by molar-refractivity contribution is 7.89. The zero-order valence-electron chi connectivity index (χ0n) is 15.8. The molecule has 1 aliphatic heterocycles. The van der Waals surface area contributed by atoms with Gasteiger partial charge in [-0.3, -0.25) is 4.79 Å². The zero-order valence-corrected chi connectivity index (χ0v) is 16.7. The van der Waals surface area contributed by atoms with Crippen molar-refractivity contribution in [3.05, 3.63) is 60.2 Å². The number of anilines is 1. The summed E-state index contributed by atoms with van der Waals surface area (Å²) in [5, 5.41) is 2.77. The molecule has 0 aromatic heterocycles. The predicted octanol–water partition coefficient (Wildman–Crippen LogP) is 3.41. The molecule has 2 aromatic rings. The van der Waals surface area contributed by atoms with E-state index in [9.17, 15) is 13.2 Å². The average Bonchev–Trinajstić information content (AvgIpc) is 2.73. The minimum Gasteiger partial charge on any atom is -0.376 e. The summed E-state index contributed by atoms with van der Waals surface area (Å²) in [6, 6.07) is 16.1. The molecule has 6 nitrogen and oxygen atoms in total. The Morgan fingerprint density at radius 2 is 1.64 bits per heavy atom. The first-order valence-electron chi connectivity index (χ1n) is 9.57. The van der Waals surface area contributed by atoms with Gasteiger partial charge in [-0.05, 0) is 42.7 Å². The van der Waals surface area contributed by atoms with Crippen LogP contribution in [0.3, 0.4) is 0 Å². The summed E-state index contributed by atoms with van der Waals surface area (Å²) < 4.78 is 32.3. The van der Waals surface area contributed by atoms with Crippen LogP contribution in [0, 0.1) is 0 Å². The van der Waals surface area contributed by atoms with Crippen LogP contribution in [0.15, 0.2) is 59.5 Å². The van der Waals surface area contributed by atoms with Crippen molar-refractivity contribution in [3.63, 3.8) is 0 Å². The van der Waals surface area contributed by atoms with Crippen LogP contribution in [0.25, 0.3) is 0 Å². The summed E-state index contributed by atoms with van der Waals surface area (Å²) in [7, 11) is -3.45. The van der Waals surface area contributed by atoms with E-state index < -0.39 is 10.0 Å². The molecule has 1 heterocycles. The molecule has 0 bridgehead atoms. The molecule has 1 N–H and O–H groups in total. The van der Waals surface area contributed by atoms with Crippen molar-refractivity contribution in [3.8, 4) is 0 Å². The molecule has 0 spiro atoms. The van der Waals surface area contributed by atoms with Gasteiger partial charge in [0.1, 0.15) is 0 Å². The van der Waals surface area contributed by atoms with Gasteiger partial charge in [-0.2, -0.15) is 4.31 Å². The Morgan fingerprint density at radius 3 is 2.32 bits per heavy atom. The Balaban J connectivity index is 1.46. The summed E-state index contributed by atoms with van der Waals surface area (Å²) in [5.41, 5.74) is 1.64. The van der Waals surface area contributed by atoms with Crippen molar-refractivity contribution in [1.82, 2.24) is 4.31 Å². The van der Waals surface area contributed by atoms with Gasteiger partial charge in [-0.25, -0.2) is 8.42 Å². The Morgan fingerprint density at radius 1 is 0.964 bits per heavy atom. The maximum atomic E-state index is 12.6. The Bertz CT molecular complexity index is 861. The molecule has 3 rings (SSSR count). The third-order valence-corrected chi connectivity index (χ3v) is 6.59. The van der Waals surface area contributed by atoms with Gasteiger partial charge in [0.2, 0.25) is 15.9 Å². The van der Waals surface area contributed by atoms with Crippen molar-refractivity contribution >= 4 is 21.6 Å². The van der Waals surface area contributed by atoms with E-state index in [1.165, 1.54) is 4.31 Å². The van der Waals surface area contributed by atoms with Crippen molar-refractivity contribution in [2.24, 2.45) is 0 Å². The third kappa shape index (κ3) is 5.64. The van der Waals surface area contributed by atoms with Gasteiger partial charge >= 0.3 is 0 Å². The molecule has 1 amide bonds. The number of rotatable bonds is 8. The Kier molecular flexibility index (Phi) is 7.19. The number of benzene rings is 2. The van der Waals surface area contributed by atoms with Gasteiger partial charge < -0.3 is 10.1 Å². The highest BCUT2D eigenvalue weighted by atomic mass is 32.2. The number of nitrogens with zero attached hydrogens (tertiary/aromatic N) is 1. The number of ether oxygens (including phenoxy) is 1. The topological polar surface area (TPSA) is 75.7 Å². The fourth-order valence-corrected chi connectivity index (χ4v) is 4.63. The predicted molar refractivity (Wildman–Crippen MR) is 108 cm³/mol. The van der Waals surface area contributed by atoms with E-state index in [-0.39, 0.29) is 17.2 Å². The minimum absolute atomic E-state index is 0.167. The molecule has 0 radical (unpaired) electrons. The number of carbonyl (C=O) groups excluding carboxylic acids is 1. The van der Waals surface area contributed by atoms with Crippen LogP contribution in [-0.4, -0.2) is 38.3 Å². The van der Waals surface area contributed by atoms with Gasteiger partial charge in [-0.15, -0.1) is 0 Å². The first-order chi connectivity index (χ1) is 13.6. The van der Waals surface area contributed by atoms with Crippen LogP contribution in [0.1, 0.15) is 31.2 Å². The van der Waals surface area contributed by atoms with E-state index in [2.05, 4.69) is 5.32 Å². The number of amides is 1. The van der Waals surface area contributed by atoms with E-state index in [0.29, 0.717) is 32.0 Å². The molecular weight excluding hydrogens is 376 g/mol. The SMILES string of the molecule is O=C(CCOCc1ccccc1)Nc1ccc(S(=O)(=O)N2CCCCC2)cc1. The lowest BCUT2D eigenvalue weighted by atomic mass is 10.2. The molecule has 1 saturated heterocycles.